The number of nitrogens with one attached hydrogen (secondary N) is 1. The number of aryl methyl sites for hydroxylation is 1. The predicted molar refractivity (Wildman–Crippen MR) is 82.0 cm³/mol. The van der Waals surface area contributed by atoms with Crippen molar-refractivity contribution in [3.05, 3.63) is 23.5 Å². The fourth-order valence-electron chi connectivity index (χ4n) is 2.87. The summed E-state index contributed by atoms with van der Waals surface area (Å²) in [5.41, 5.74) is 2.55. The number of anilines is 1. The molecule has 0 saturated carbocycles. The first-order valence-electron chi connectivity index (χ1n) is 7.54. The molecule has 1 aromatic heterocycles. The van der Waals surface area contributed by atoms with Gasteiger partial charge in [-0.25, -0.2) is 0 Å². The quantitative estimate of drug-likeness (QED) is 0.918. The minimum Gasteiger partial charge on any atom is -0.384 e. The van der Waals surface area contributed by atoms with E-state index in [1.54, 1.807) is 6.20 Å². The Balaban J connectivity index is 2.24. The van der Waals surface area contributed by atoms with Crippen LogP contribution in [0.25, 0.3) is 0 Å². The summed E-state index contributed by atoms with van der Waals surface area (Å²) in [6, 6.07) is 2.28. The van der Waals surface area contributed by atoms with Crippen molar-refractivity contribution in [1.29, 1.82) is 0 Å². The summed E-state index contributed by atoms with van der Waals surface area (Å²) in [7, 11) is 0. The third kappa shape index (κ3) is 3.11. The molecule has 0 spiro atoms. The van der Waals surface area contributed by atoms with Crippen LogP contribution in [-0.4, -0.2) is 34.9 Å². The molecule has 4 nitrogen and oxygen atoms in total. The Kier molecular flexibility index (Phi) is 4.63. The van der Waals surface area contributed by atoms with Crippen molar-refractivity contribution in [2.75, 3.05) is 18.4 Å². The van der Waals surface area contributed by atoms with E-state index in [0.29, 0.717) is 17.5 Å². The largest absolute Gasteiger partial charge is 0.384 e. The minimum absolute atomic E-state index is 0.105. The van der Waals surface area contributed by atoms with E-state index in [1.807, 2.05) is 17.9 Å². The average Bonchev–Trinajstić information content (AvgIpc) is 2.74. The van der Waals surface area contributed by atoms with Crippen molar-refractivity contribution in [3.63, 3.8) is 0 Å². The molecule has 1 fully saturated rings. The number of nitrogens with zero attached hydrogens (tertiary/aromatic N) is 2. The highest BCUT2D eigenvalue weighted by Gasteiger charge is 2.31. The number of hydrogen-bond donors (Lipinski definition) is 1. The maximum Gasteiger partial charge on any atom is 0.257 e. The van der Waals surface area contributed by atoms with Gasteiger partial charge in [0.25, 0.3) is 5.91 Å². The van der Waals surface area contributed by atoms with Gasteiger partial charge in [0.05, 0.1) is 11.3 Å². The Morgan fingerprint density at radius 3 is 2.85 bits per heavy atom. The molecule has 1 aliphatic rings. The normalized spacial score (nSPS) is 22.1. The second-order valence-electron chi connectivity index (χ2n) is 5.95. The Labute approximate surface area is 121 Å². The van der Waals surface area contributed by atoms with Gasteiger partial charge in [0.1, 0.15) is 0 Å². The molecular weight excluding hydrogens is 250 g/mol. The van der Waals surface area contributed by atoms with E-state index in [0.717, 1.165) is 37.3 Å². The van der Waals surface area contributed by atoms with Gasteiger partial charge in [-0.15, -0.1) is 0 Å². The van der Waals surface area contributed by atoms with E-state index in [-0.39, 0.29) is 5.91 Å². The van der Waals surface area contributed by atoms with Crippen LogP contribution in [0.4, 0.5) is 5.69 Å². The van der Waals surface area contributed by atoms with Crippen LogP contribution in [0.5, 0.6) is 0 Å². The number of hydrogen-bond acceptors (Lipinski definition) is 3. The van der Waals surface area contributed by atoms with Crippen LogP contribution in [-0.2, 0) is 0 Å². The highest BCUT2D eigenvalue weighted by atomic mass is 16.2. The Hall–Kier alpha value is -1.58. The van der Waals surface area contributed by atoms with Crippen LogP contribution in [0.2, 0.25) is 0 Å². The van der Waals surface area contributed by atoms with Crippen LogP contribution >= 0.6 is 0 Å². The molecule has 0 aromatic carbocycles. The summed E-state index contributed by atoms with van der Waals surface area (Å²) in [4.78, 5) is 19.0. The lowest BCUT2D eigenvalue weighted by Gasteiger charge is -2.23. The molecule has 2 unspecified atom stereocenters. The van der Waals surface area contributed by atoms with E-state index < -0.39 is 0 Å². The van der Waals surface area contributed by atoms with Crippen molar-refractivity contribution < 1.29 is 4.79 Å². The molecule has 1 amide bonds. The third-order valence-corrected chi connectivity index (χ3v) is 3.88. The molecule has 1 aromatic rings. The van der Waals surface area contributed by atoms with E-state index in [2.05, 4.69) is 31.1 Å². The Morgan fingerprint density at radius 1 is 1.50 bits per heavy atom. The van der Waals surface area contributed by atoms with Crippen LogP contribution in [0.3, 0.4) is 0 Å². The SMILES string of the molecule is CCCNc1cc(C)ncc1C(=O)N1CC(C)CC1C. The smallest absolute Gasteiger partial charge is 0.257 e. The van der Waals surface area contributed by atoms with E-state index in [1.165, 1.54) is 0 Å². The summed E-state index contributed by atoms with van der Waals surface area (Å²) in [5.74, 6) is 0.687. The van der Waals surface area contributed by atoms with Gasteiger partial charge >= 0.3 is 0 Å². The van der Waals surface area contributed by atoms with E-state index in [4.69, 9.17) is 0 Å². The lowest BCUT2D eigenvalue weighted by molar-refractivity contribution is 0.0744. The van der Waals surface area contributed by atoms with Gasteiger partial charge < -0.3 is 10.2 Å². The monoisotopic (exact) mass is 275 g/mol. The fraction of sp³-hybridized carbons (Fsp3) is 0.625. The molecule has 20 heavy (non-hydrogen) atoms. The van der Waals surface area contributed by atoms with E-state index in [9.17, 15) is 4.79 Å². The van der Waals surface area contributed by atoms with Gasteiger partial charge in [-0.1, -0.05) is 13.8 Å². The summed E-state index contributed by atoms with van der Waals surface area (Å²) in [6.07, 6.45) is 3.83. The van der Waals surface area contributed by atoms with Gasteiger partial charge in [-0.05, 0) is 38.7 Å². The number of rotatable bonds is 4. The number of carbonyl (C=O) groups is 1. The Bertz CT molecular complexity index is 487. The maximum absolute atomic E-state index is 12.7. The van der Waals surface area contributed by atoms with E-state index >= 15 is 0 Å². The van der Waals surface area contributed by atoms with Crippen molar-refractivity contribution in [1.82, 2.24) is 9.88 Å². The zero-order valence-corrected chi connectivity index (χ0v) is 12.9. The molecule has 2 heterocycles. The highest BCUT2D eigenvalue weighted by molar-refractivity contribution is 5.99. The molecule has 1 aliphatic heterocycles. The van der Waals surface area contributed by atoms with Crippen molar-refractivity contribution in [2.24, 2.45) is 5.92 Å². The molecule has 2 atom stereocenters. The summed E-state index contributed by atoms with van der Waals surface area (Å²) < 4.78 is 0. The van der Waals surface area contributed by atoms with Crippen molar-refractivity contribution >= 4 is 11.6 Å². The number of pyridine rings is 1. The number of aromatic nitrogens is 1. The zero-order valence-electron chi connectivity index (χ0n) is 12.9. The average molecular weight is 275 g/mol. The van der Waals surface area contributed by atoms with Gasteiger partial charge in [-0.2, -0.15) is 0 Å². The molecule has 2 rings (SSSR count). The first kappa shape index (κ1) is 14.8. The first-order chi connectivity index (χ1) is 9.52. The number of carbonyl (C=O) groups excluding carboxylic acids is 1. The topological polar surface area (TPSA) is 45.2 Å². The van der Waals surface area contributed by atoms with Crippen LogP contribution in [0, 0.1) is 12.8 Å². The van der Waals surface area contributed by atoms with Crippen LogP contribution in [0.1, 0.15) is 49.7 Å². The highest BCUT2D eigenvalue weighted by Crippen LogP contribution is 2.26. The van der Waals surface area contributed by atoms with Crippen LogP contribution in [0.15, 0.2) is 12.3 Å². The summed E-state index contributed by atoms with van der Waals surface area (Å²) >= 11 is 0. The Morgan fingerprint density at radius 2 is 2.25 bits per heavy atom. The van der Waals surface area contributed by atoms with Gasteiger partial charge in [-0.3, -0.25) is 9.78 Å². The first-order valence-corrected chi connectivity index (χ1v) is 7.54. The molecule has 110 valence electrons. The molecule has 0 aliphatic carbocycles. The molecule has 0 radical (unpaired) electrons. The second kappa shape index (κ2) is 6.25. The summed E-state index contributed by atoms with van der Waals surface area (Å²) in [6.45, 7) is 10.1. The van der Waals surface area contributed by atoms with Gasteiger partial charge in [0, 0.05) is 31.0 Å². The van der Waals surface area contributed by atoms with Crippen LogP contribution < -0.4 is 5.32 Å². The molecule has 0 bridgehead atoms. The predicted octanol–water partition coefficient (Wildman–Crippen LogP) is 3.08. The number of amides is 1. The molecule has 1 saturated heterocycles. The lowest BCUT2D eigenvalue weighted by atomic mass is 10.1. The third-order valence-electron chi connectivity index (χ3n) is 3.88. The zero-order chi connectivity index (χ0) is 14.7. The van der Waals surface area contributed by atoms with Gasteiger partial charge in [0.15, 0.2) is 0 Å². The second-order valence-corrected chi connectivity index (χ2v) is 5.95. The van der Waals surface area contributed by atoms with Crippen molar-refractivity contribution in [2.45, 2.75) is 46.6 Å². The fourth-order valence-corrected chi connectivity index (χ4v) is 2.87. The molecule has 1 N–H and O–H groups in total. The molecular formula is C16H25N3O. The minimum atomic E-state index is 0.105. The molecule has 4 heteroatoms. The van der Waals surface area contributed by atoms with Crippen molar-refractivity contribution in [3.8, 4) is 0 Å². The maximum atomic E-state index is 12.7. The van der Waals surface area contributed by atoms with Gasteiger partial charge in [0.2, 0.25) is 0 Å². The number of likely N-dealkylation sites (tertiary alicyclic amines) is 1. The lowest BCUT2D eigenvalue weighted by Crippen LogP contribution is -2.34. The summed E-state index contributed by atoms with van der Waals surface area (Å²) in [5, 5.41) is 3.35. The standard InChI is InChI=1S/C16H25N3O/c1-5-6-17-15-8-12(3)18-9-14(15)16(20)19-10-11(2)7-13(19)4/h8-9,11,13H,5-7,10H2,1-4H3,(H,17,18).